The first-order valence-electron chi connectivity index (χ1n) is 7.07. The molecule has 5 heteroatoms. The number of aliphatic hydroxyl groups is 1. The second kappa shape index (κ2) is 7.24. The summed E-state index contributed by atoms with van der Waals surface area (Å²) < 4.78 is 12.8. The third-order valence-corrected chi connectivity index (χ3v) is 3.67. The normalized spacial score (nSPS) is 18.9. The lowest BCUT2D eigenvalue weighted by molar-refractivity contribution is 0.129. The van der Waals surface area contributed by atoms with Crippen molar-refractivity contribution >= 4 is 6.03 Å². The molecular weight excluding hydrogens is 259 g/mol. The first-order valence-corrected chi connectivity index (χ1v) is 7.07. The van der Waals surface area contributed by atoms with Crippen LogP contribution in [0.1, 0.15) is 18.4 Å². The Morgan fingerprint density at radius 3 is 2.85 bits per heavy atom. The molecule has 1 aliphatic heterocycles. The van der Waals surface area contributed by atoms with Gasteiger partial charge in [-0.1, -0.05) is 12.1 Å². The van der Waals surface area contributed by atoms with Gasteiger partial charge in [0.15, 0.2) is 0 Å². The fourth-order valence-electron chi connectivity index (χ4n) is 2.48. The zero-order valence-electron chi connectivity index (χ0n) is 11.5. The summed E-state index contributed by atoms with van der Waals surface area (Å²) in [4.78, 5) is 13.7. The highest BCUT2D eigenvalue weighted by Gasteiger charge is 2.22. The van der Waals surface area contributed by atoms with E-state index in [1.807, 2.05) is 0 Å². The molecule has 20 heavy (non-hydrogen) atoms. The fraction of sp³-hybridized carbons (Fsp3) is 0.533. The summed E-state index contributed by atoms with van der Waals surface area (Å²) in [6.07, 6.45) is 2.61. The molecule has 1 aromatic rings. The van der Waals surface area contributed by atoms with E-state index in [-0.39, 0.29) is 24.4 Å². The Morgan fingerprint density at radius 1 is 1.40 bits per heavy atom. The molecular formula is C15H21FN2O2. The van der Waals surface area contributed by atoms with Crippen molar-refractivity contribution in [3.05, 3.63) is 35.6 Å². The summed E-state index contributed by atoms with van der Waals surface area (Å²) >= 11 is 0. The van der Waals surface area contributed by atoms with E-state index in [1.54, 1.807) is 17.0 Å². The molecule has 1 aliphatic rings. The lowest BCUT2D eigenvalue weighted by atomic mass is 9.99. The summed E-state index contributed by atoms with van der Waals surface area (Å²) in [5, 5.41) is 12.0. The third-order valence-electron chi connectivity index (χ3n) is 3.67. The molecule has 0 saturated carbocycles. The van der Waals surface area contributed by atoms with Crippen LogP contribution in [0.25, 0.3) is 0 Å². The molecule has 1 heterocycles. The Morgan fingerprint density at radius 2 is 2.15 bits per heavy atom. The lowest BCUT2D eigenvalue weighted by Gasteiger charge is -2.31. The molecule has 1 saturated heterocycles. The molecule has 1 fully saturated rings. The number of benzene rings is 1. The number of piperidine rings is 1. The van der Waals surface area contributed by atoms with E-state index in [0.29, 0.717) is 19.5 Å². The lowest BCUT2D eigenvalue weighted by Crippen LogP contribution is -2.46. The van der Waals surface area contributed by atoms with Crippen molar-refractivity contribution in [1.82, 2.24) is 10.2 Å². The molecule has 4 nitrogen and oxygen atoms in total. The maximum Gasteiger partial charge on any atom is 0.317 e. The zero-order valence-corrected chi connectivity index (χ0v) is 11.5. The number of halogens is 1. The average Bonchev–Trinajstić information content (AvgIpc) is 2.49. The number of amides is 2. The van der Waals surface area contributed by atoms with Gasteiger partial charge in [-0.3, -0.25) is 0 Å². The summed E-state index contributed by atoms with van der Waals surface area (Å²) in [5.41, 5.74) is 0.999. The molecule has 0 spiro atoms. The largest absolute Gasteiger partial charge is 0.396 e. The van der Waals surface area contributed by atoms with E-state index < -0.39 is 0 Å². The van der Waals surface area contributed by atoms with Crippen molar-refractivity contribution in [2.75, 3.05) is 26.2 Å². The highest BCUT2D eigenvalue weighted by Crippen LogP contribution is 2.15. The number of nitrogens with one attached hydrogen (secondary N) is 1. The van der Waals surface area contributed by atoms with Gasteiger partial charge in [-0.15, -0.1) is 0 Å². The quantitative estimate of drug-likeness (QED) is 0.883. The van der Waals surface area contributed by atoms with Crippen molar-refractivity contribution in [2.24, 2.45) is 5.92 Å². The van der Waals surface area contributed by atoms with E-state index in [9.17, 15) is 9.18 Å². The molecule has 1 aromatic carbocycles. The van der Waals surface area contributed by atoms with Crippen LogP contribution in [-0.2, 0) is 6.42 Å². The zero-order chi connectivity index (χ0) is 14.4. The summed E-state index contributed by atoms with van der Waals surface area (Å²) in [5.74, 6) is -0.0484. The Bertz CT molecular complexity index is 436. The minimum atomic E-state index is -0.249. The van der Waals surface area contributed by atoms with Gasteiger partial charge >= 0.3 is 6.03 Å². The predicted octanol–water partition coefficient (Wildman–Crippen LogP) is 1.78. The van der Waals surface area contributed by atoms with E-state index in [2.05, 4.69) is 5.32 Å². The number of hydrogen-bond acceptors (Lipinski definition) is 2. The SMILES string of the molecule is O=C(NCCc1ccc(F)cc1)N1CCCC(CO)C1. The Kier molecular flexibility index (Phi) is 5.35. The third kappa shape index (κ3) is 4.20. The monoisotopic (exact) mass is 280 g/mol. The van der Waals surface area contributed by atoms with Gasteiger partial charge in [0.1, 0.15) is 5.82 Å². The van der Waals surface area contributed by atoms with Crippen LogP contribution in [-0.4, -0.2) is 42.3 Å². The number of carbonyl (C=O) groups excluding carboxylic acids is 1. The second-order valence-electron chi connectivity index (χ2n) is 5.25. The van der Waals surface area contributed by atoms with Crippen LogP contribution in [0.4, 0.5) is 9.18 Å². The molecule has 1 atom stereocenters. The number of rotatable bonds is 4. The number of carbonyl (C=O) groups is 1. The second-order valence-corrected chi connectivity index (χ2v) is 5.25. The van der Waals surface area contributed by atoms with Crippen molar-refractivity contribution in [3.8, 4) is 0 Å². The average molecular weight is 280 g/mol. The van der Waals surface area contributed by atoms with E-state index in [0.717, 1.165) is 24.9 Å². The van der Waals surface area contributed by atoms with Crippen LogP contribution in [0.3, 0.4) is 0 Å². The van der Waals surface area contributed by atoms with E-state index in [4.69, 9.17) is 5.11 Å². The number of likely N-dealkylation sites (tertiary alicyclic amines) is 1. The molecule has 110 valence electrons. The van der Waals surface area contributed by atoms with Gasteiger partial charge in [-0.05, 0) is 42.9 Å². The van der Waals surface area contributed by atoms with Gasteiger partial charge in [0.2, 0.25) is 0 Å². The maximum atomic E-state index is 12.8. The van der Waals surface area contributed by atoms with Crippen LogP contribution in [0.2, 0.25) is 0 Å². The molecule has 0 aromatic heterocycles. The van der Waals surface area contributed by atoms with Gasteiger partial charge in [-0.2, -0.15) is 0 Å². The van der Waals surface area contributed by atoms with Crippen molar-refractivity contribution in [3.63, 3.8) is 0 Å². The molecule has 2 rings (SSSR count). The molecule has 2 amide bonds. The van der Waals surface area contributed by atoms with Gasteiger partial charge in [0.05, 0.1) is 0 Å². The smallest absolute Gasteiger partial charge is 0.317 e. The van der Waals surface area contributed by atoms with Crippen molar-refractivity contribution in [2.45, 2.75) is 19.3 Å². The van der Waals surface area contributed by atoms with Crippen LogP contribution < -0.4 is 5.32 Å². The first kappa shape index (κ1) is 14.8. The highest BCUT2D eigenvalue weighted by molar-refractivity contribution is 5.74. The van der Waals surface area contributed by atoms with Crippen LogP contribution in [0.15, 0.2) is 24.3 Å². The number of urea groups is 1. The molecule has 0 radical (unpaired) electrons. The standard InChI is InChI=1S/C15H21FN2O2/c16-14-5-3-12(4-6-14)7-8-17-15(20)18-9-1-2-13(10-18)11-19/h3-6,13,19H,1-2,7-11H2,(H,17,20). The summed E-state index contributed by atoms with van der Waals surface area (Å²) in [6, 6.07) is 6.22. The van der Waals surface area contributed by atoms with Gasteiger partial charge in [0.25, 0.3) is 0 Å². The maximum absolute atomic E-state index is 12.8. The van der Waals surface area contributed by atoms with Crippen LogP contribution >= 0.6 is 0 Å². The van der Waals surface area contributed by atoms with Crippen LogP contribution in [0.5, 0.6) is 0 Å². The van der Waals surface area contributed by atoms with Gasteiger partial charge < -0.3 is 15.3 Å². The fourth-order valence-corrected chi connectivity index (χ4v) is 2.48. The van der Waals surface area contributed by atoms with Crippen molar-refractivity contribution < 1.29 is 14.3 Å². The number of aliphatic hydroxyl groups excluding tert-OH is 1. The van der Waals surface area contributed by atoms with E-state index >= 15 is 0 Å². The first-order chi connectivity index (χ1) is 9.69. The number of hydrogen-bond donors (Lipinski definition) is 2. The summed E-state index contributed by atoms with van der Waals surface area (Å²) in [6.45, 7) is 2.04. The molecule has 0 bridgehead atoms. The number of nitrogens with zero attached hydrogens (tertiary/aromatic N) is 1. The van der Waals surface area contributed by atoms with Crippen molar-refractivity contribution in [1.29, 1.82) is 0 Å². The molecule has 1 unspecified atom stereocenters. The van der Waals surface area contributed by atoms with Crippen LogP contribution in [0, 0.1) is 11.7 Å². The minimum Gasteiger partial charge on any atom is -0.396 e. The Hall–Kier alpha value is -1.62. The molecule has 2 N–H and O–H groups in total. The van der Waals surface area contributed by atoms with E-state index in [1.165, 1.54) is 12.1 Å². The summed E-state index contributed by atoms with van der Waals surface area (Å²) in [7, 11) is 0. The van der Waals surface area contributed by atoms with Gasteiger partial charge in [-0.25, -0.2) is 9.18 Å². The topological polar surface area (TPSA) is 52.6 Å². The molecule has 0 aliphatic carbocycles. The minimum absolute atomic E-state index is 0.0785. The van der Waals surface area contributed by atoms with Gasteiger partial charge in [0, 0.05) is 26.2 Å². The predicted molar refractivity (Wildman–Crippen MR) is 74.9 cm³/mol. The highest BCUT2D eigenvalue weighted by atomic mass is 19.1. The Balaban J connectivity index is 1.73. The Labute approximate surface area is 118 Å².